The summed E-state index contributed by atoms with van der Waals surface area (Å²) < 4.78 is 0. The number of thioether (sulfide) groups is 1. The Balaban J connectivity index is 1.10. The maximum absolute atomic E-state index is 3.81. The van der Waals surface area contributed by atoms with Gasteiger partial charge >= 0.3 is 0 Å². The minimum atomic E-state index is -0.392. The molecule has 0 bridgehead atoms. The number of benzene rings is 9. The number of rotatable bonds is 2. The van der Waals surface area contributed by atoms with E-state index in [9.17, 15) is 0 Å². The van der Waals surface area contributed by atoms with Gasteiger partial charge < -0.3 is 5.32 Å². The Hall–Kier alpha value is -6.09. The molecule has 1 aliphatic heterocycles. The predicted octanol–water partition coefficient (Wildman–Crippen LogP) is 13.4. The lowest BCUT2D eigenvalue weighted by Crippen LogP contribution is -2.25. The molecule has 0 amide bonds. The molecule has 52 heavy (non-hydrogen) atoms. The summed E-state index contributed by atoms with van der Waals surface area (Å²) in [5.74, 6) is 0. The molecule has 0 fully saturated rings. The molecule has 2 heteroatoms. The lowest BCUT2D eigenvalue weighted by molar-refractivity contribution is 0.795. The van der Waals surface area contributed by atoms with Crippen molar-refractivity contribution in [2.24, 2.45) is 0 Å². The highest BCUT2D eigenvalue weighted by Crippen LogP contribution is 2.64. The summed E-state index contributed by atoms with van der Waals surface area (Å²) in [4.78, 5) is 1.34. The first-order valence-corrected chi connectivity index (χ1v) is 19.0. The second kappa shape index (κ2) is 10.5. The van der Waals surface area contributed by atoms with Crippen molar-refractivity contribution < 1.29 is 0 Å². The lowest BCUT2D eigenvalue weighted by Gasteiger charge is -2.31. The monoisotopic (exact) mass is 677 g/mol. The smallest absolute Gasteiger partial charge is 0.103 e. The van der Waals surface area contributed by atoms with Gasteiger partial charge in [0.15, 0.2) is 0 Å². The van der Waals surface area contributed by atoms with Gasteiger partial charge in [0.25, 0.3) is 0 Å². The van der Waals surface area contributed by atoms with E-state index < -0.39 is 5.41 Å². The normalized spacial score (nSPS) is 15.7. The molecule has 0 saturated heterocycles. The summed E-state index contributed by atoms with van der Waals surface area (Å²) in [7, 11) is 0. The van der Waals surface area contributed by atoms with Crippen LogP contribution in [0.15, 0.2) is 181 Å². The average molecular weight is 678 g/mol. The molecular weight excluding hydrogens is 647 g/mol. The molecule has 242 valence electrons. The average Bonchev–Trinajstić information content (AvgIpc) is 3.88. The van der Waals surface area contributed by atoms with Crippen molar-refractivity contribution in [2.75, 3.05) is 5.32 Å². The zero-order valence-electron chi connectivity index (χ0n) is 28.2. The summed E-state index contributed by atoms with van der Waals surface area (Å²) in [6.07, 6.45) is 0. The van der Waals surface area contributed by atoms with E-state index >= 15 is 0 Å². The van der Waals surface area contributed by atoms with E-state index in [-0.39, 0.29) is 5.37 Å². The maximum atomic E-state index is 3.81. The third-order valence-corrected chi connectivity index (χ3v) is 13.2. The van der Waals surface area contributed by atoms with Crippen molar-refractivity contribution in [3.8, 4) is 33.4 Å². The van der Waals surface area contributed by atoms with Crippen molar-refractivity contribution in [3.05, 3.63) is 204 Å². The van der Waals surface area contributed by atoms with E-state index in [4.69, 9.17) is 0 Å². The van der Waals surface area contributed by atoms with Crippen LogP contribution in [0.25, 0.3) is 65.7 Å². The van der Waals surface area contributed by atoms with Crippen LogP contribution in [-0.4, -0.2) is 0 Å². The summed E-state index contributed by atoms with van der Waals surface area (Å²) in [5, 5.41) is 11.8. The van der Waals surface area contributed by atoms with Gasteiger partial charge in [-0.2, -0.15) is 0 Å². The SMILES string of the molecule is c1ccc(C2Nc3ccc4ccc5ccc(-c6ccc7c(c6)C6(c8ccccc8-c8ccccc86)c6ccc8ccccc8c6-7)cc5c4c3S2)cc1. The lowest BCUT2D eigenvalue weighted by atomic mass is 9.70. The Kier molecular flexibility index (Phi) is 5.76. The van der Waals surface area contributed by atoms with E-state index in [1.807, 2.05) is 11.8 Å². The molecule has 9 aromatic rings. The van der Waals surface area contributed by atoms with Gasteiger partial charge in [0.2, 0.25) is 0 Å². The van der Waals surface area contributed by atoms with Crippen molar-refractivity contribution >= 4 is 49.8 Å². The van der Waals surface area contributed by atoms with Gasteiger partial charge in [0.05, 0.1) is 5.41 Å². The van der Waals surface area contributed by atoms with Gasteiger partial charge in [0, 0.05) is 16.0 Å². The van der Waals surface area contributed by atoms with E-state index in [0.717, 1.165) is 0 Å². The molecule has 1 N–H and O–H groups in total. The van der Waals surface area contributed by atoms with Crippen molar-refractivity contribution in [3.63, 3.8) is 0 Å². The van der Waals surface area contributed by atoms with Crippen LogP contribution in [0.3, 0.4) is 0 Å². The molecule has 0 aromatic heterocycles. The molecule has 12 rings (SSSR count). The fraction of sp³-hybridized carbons (Fsp3) is 0.0400. The number of fused-ring (bicyclic) bond motifs is 17. The van der Waals surface area contributed by atoms with Gasteiger partial charge in [-0.1, -0.05) is 169 Å². The van der Waals surface area contributed by atoms with Gasteiger partial charge in [-0.3, -0.25) is 0 Å². The predicted molar refractivity (Wildman–Crippen MR) is 219 cm³/mol. The maximum Gasteiger partial charge on any atom is 0.103 e. The number of hydrogen-bond donors (Lipinski definition) is 1. The molecule has 1 spiro atoms. The summed E-state index contributed by atoms with van der Waals surface area (Å²) >= 11 is 1.93. The van der Waals surface area contributed by atoms with Gasteiger partial charge in [-0.25, -0.2) is 0 Å². The first kappa shape index (κ1) is 28.6. The van der Waals surface area contributed by atoms with E-state index in [0.29, 0.717) is 0 Å². The van der Waals surface area contributed by atoms with Crippen LogP contribution in [0.5, 0.6) is 0 Å². The molecule has 2 aliphatic carbocycles. The third-order valence-electron chi connectivity index (χ3n) is 11.9. The Morgan fingerprint density at radius 3 is 1.92 bits per heavy atom. The standard InChI is InChI=1S/C50H31NS/c1-2-11-33(12-3-1)49-51-45-27-24-32-20-18-31-19-21-34(28-40(31)46(32)48(45)52-49)35-22-25-39-44(29-35)50(43-26-23-30-10-4-5-13-36(30)47(39)43)41-16-8-6-14-37(41)38-15-7-9-17-42(38)50/h1-29,49,51H. The summed E-state index contributed by atoms with van der Waals surface area (Å²) in [5.41, 5.74) is 15.5. The van der Waals surface area contributed by atoms with Crippen LogP contribution < -0.4 is 5.32 Å². The van der Waals surface area contributed by atoms with Crippen LogP contribution in [-0.2, 0) is 5.41 Å². The molecule has 3 aliphatic rings. The molecule has 9 aromatic carbocycles. The zero-order valence-corrected chi connectivity index (χ0v) is 29.0. The largest absolute Gasteiger partial charge is 0.368 e. The molecule has 1 atom stereocenters. The number of nitrogens with one attached hydrogen (secondary N) is 1. The molecule has 0 radical (unpaired) electrons. The topological polar surface area (TPSA) is 12.0 Å². The fourth-order valence-electron chi connectivity index (χ4n) is 9.68. The molecule has 0 saturated carbocycles. The Morgan fingerprint density at radius 1 is 0.442 bits per heavy atom. The van der Waals surface area contributed by atoms with Crippen LogP contribution in [0.4, 0.5) is 5.69 Å². The second-order valence-corrected chi connectivity index (χ2v) is 15.5. The Morgan fingerprint density at radius 2 is 1.08 bits per heavy atom. The van der Waals surface area contributed by atoms with Crippen molar-refractivity contribution in [2.45, 2.75) is 15.7 Å². The highest BCUT2D eigenvalue weighted by Gasteiger charge is 2.52. The van der Waals surface area contributed by atoms with Crippen molar-refractivity contribution in [1.82, 2.24) is 0 Å². The quantitative estimate of drug-likeness (QED) is 0.183. The van der Waals surface area contributed by atoms with E-state index in [1.165, 1.54) is 104 Å². The summed E-state index contributed by atoms with van der Waals surface area (Å²) in [6.45, 7) is 0. The fourth-order valence-corrected chi connectivity index (χ4v) is 11.0. The summed E-state index contributed by atoms with van der Waals surface area (Å²) in [6, 6.07) is 66.0. The van der Waals surface area contributed by atoms with Gasteiger partial charge in [-0.15, -0.1) is 0 Å². The molecule has 1 nitrogen and oxygen atoms in total. The van der Waals surface area contributed by atoms with Crippen LogP contribution >= 0.6 is 11.8 Å². The minimum Gasteiger partial charge on any atom is -0.368 e. The highest BCUT2D eigenvalue weighted by molar-refractivity contribution is 8.00. The number of anilines is 1. The highest BCUT2D eigenvalue weighted by atomic mass is 32.2. The van der Waals surface area contributed by atoms with Gasteiger partial charge in [-0.05, 0) is 106 Å². The second-order valence-electron chi connectivity index (χ2n) is 14.4. The van der Waals surface area contributed by atoms with Crippen LogP contribution in [0.1, 0.15) is 33.2 Å². The van der Waals surface area contributed by atoms with E-state index in [1.54, 1.807) is 0 Å². The van der Waals surface area contributed by atoms with Crippen molar-refractivity contribution in [1.29, 1.82) is 0 Å². The number of hydrogen-bond acceptors (Lipinski definition) is 2. The van der Waals surface area contributed by atoms with Gasteiger partial charge in [0.1, 0.15) is 5.37 Å². The van der Waals surface area contributed by atoms with Crippen LogP contribution in [0.2, 0.25) is 0 Å². The first-order valence-electron chi connectivity index (χ1n) is 18.1. The zero-order chi connectivity index (χ0) is 34.0. The van der Waals surface area contributed by atoms with Crippen LogP contribution in [0, 0.1) is 0 Å². The molecule has 1 unspecified atom stereocenters. The molecule has 1 heterocycles. The Bertz CT molecular complexity index is 2930. The minimum absolute atomic E-state index is 0.197. The first-order chi connectivity index (χ1) is 25.8. The Labute approximate surface area is 306 Å². The third kappa shape index (κ3) is 3.70. The molecular formula is C50H31NS. The van der Waals surface area contributed by atoms with E-state index in [2.05, 4.69) is 181 Å².